The highest BCUT2D eigenvalue weighted by atomic mass is 35.5. The summed E-state index contributed by atoms with van der Waals surface area (Å²) < 4.78 is 0. The number of nitrogens with one attached hydrogen (secondary N) is 2. The van der Waals surface area contributed by atoms with E-state index < -0.39 is 12.1 Å². The molecule has 1 saturated heterocycles. The molecular formula is C33H35ClN4O3S. The first-order valence-corrected chi connectivity index (χ1v) is 15.4. The summed E-state index contributed by atoms with van der Waals surface area (Å²) in [5.41, 5.74) is 3.80. The number of hydrogen-bond donors (Lipinski definition) is 3. The fourth-order valence-electron chi connectivity index (χ4n) is 5.31. The molecule has 0 spiro atoms. The lowest BCUT2D eigenvalue weighted by molar-refractivity contribution is 0.0735. The summed E-state index contributed by atoms with van der Waals surface area (Å²) in [7, 11) is 0. The lowest BCUT2D eigenvalue weighted by atomic mass is 10.00. The average Bonchev–Trinajstić information content (AvgIpc) is 3.66. The first kappa shape index (κ1) is 29.9. The second-order valence-corrected chi connectivity index (χ2v) is 12.0. The van der Waals surface area contributed by atoms with Gasteiger partial charge in [0, 0.05) is 46.9 Å². The van der Waals surface area contributed by atoms with Crippen LogP contribution in [0.4, 0.5) is 0 Å². The third kappa shape index (κ3) is 7.63. The number of nitrogens with zero attached hydrogens (tertiary/aromatic N) is 2. The van der Waals surface area contributed by atoms with Crippen molar-refractivity contribution < 1.29 is 14.7 Å². The van der Waals surface area contributed by atoms with Crippen molar-refractivity contribution in [2.24, 2.45) is 0 Å². The van der Waals surface area contributed by atoms with Crippen LogP contribution in [0.2, 0.25) is 5.02 Å². The van der Waals surface area contributed by atoms with Gasteiger partial charge in [0.15, 0.2) is 0 Å². The largest absolute Gasteiger partial charge is 0.390 e. The van der Waals surface area contributed by atoms with Gasteiger partial charge < -0.3 is 20.6 Å². The lowest BCUT2D eigenvalue weighted by Gasteiger charge is -2.25. The Hall–Kier alpha value is -3.56. The zero-order chi connectivity index (χ0) is 29.5. The number of hydrogen-bond acceptors (Lipinski definition) is 6. The number of thiazole rings is 1. The number of halogens is 1. The highest BCUT2D eigenvalue weighted by Gasteiger charge is 2.33. The molecule has 4 aromatic rings. The molecule has 2 heterocycles. The summed E-state index contributed by atoms with van der Waals surface area (Å²) in [6.07, 6.45) is 1.39. The Morgan fingerprint density at radius 3 is 2.57 bits per heavy atom. The minimum absolute atomic E-state index is 0.0431. The van der Waals surface area contributed by atoms with E-state index >= 15 is 0 Å². The van der Waals surface area contributed by atoms with Crippen molar-refractivity contribution in [3.8, 4) is 0 Å². The molecule has 2 amide bonds. The van der Waals surface area contributed by atoms with Crippen LogP contribution < -0.4 is 10.6 Å². The molecule has 3 N–H and O–H groups in total. The maximum atomic E-state index is 13.6. The van der Waals surface area contributed by atoms with Gasteiger partial charge in [0.25, 0.3) is 11.8 Å². The van der Waals surface area contributed by atoms with Crippen LogP contribution in [-0.4, -0.2) is 52.0 Å². The summed E-state index contributed by atoms with van der Waals surface area (Å²) in [4.78, 5) is 33.5. The van der Waals surface area contributed by atoms with Gasteiger partial charge in [-0.25, -0.2) is 4.98 Å². The zero-order valence-electron chi connectivity index (χ0n) is 23.5. The van der Waals surface area contributed by atoms with Crippen LogP contribution in [0, 0.1) is 6.92 Å². The zero-order valence-corrected chi connectivity index (χ0v) is 25.1. The molecular weight excluding hydrogens is 568 g/mol. The van der Waals surface area contributed by atoms with E-state index in [9.17, 15) is 14.7 Å². The van der Waals surface area contributed by atoms with Crippen LogP contribution >= 0.6 is 22.9 Å². The predicted octanol–water partition coefficient (Wildman–Crippen LogP) is 5.57. The molecule has 218 valence electrons. The van der Waals surface area contributed by atoms with E-state index in [-0.39, 0.29) is 24.4 Å². The van der Waals surface area contributed by atoms with Crippen molar-refractivity contribution in [3.05, 3.63) is 122 Å². The smallest absolute Gasteiger partial charge is 0.254 e. The molecule has 7 nitrogen and oxygen atoms in total. The van der Waals surface area contributed by atoms with Crippen LogP contribution in [-0.2, 0) is 13.0 Å². The molecule has 1 aliphatic rings. The van der Waals surface area contributed by atoms with Crippen molar-refractivity contribution >= 4 is 34.8 Å². The van der Waals surface area contributed by atoms with E-state index in [2.05, 4.69) is 15.6 Å². The summed E-state index contributed by atoms with van der Waals surface area (Å²) in [5.74, 6) is -0.445. The lowest BCUT2D eigenvalue weighted by Crippen LogP contribution is -2.48. The molecule has 0 saturated carbocycles. The van der Waals surface area contributed by atoms with Crippen LogP contribution in [0.15, 0.2) is 84.2 Å². The maximum absolute atomic E-state index is 13.6. The molecule has 1 fully saturated rings. The number of likely N-dealkylation sites (tertiary alicyclic amines) is 1. The van der Waals surface area contributed by atoms with E-state index in [1.54, 1.807) is 35.6 Å². The Bertz CT molecular complexity index is 1510. The molecule has 0 bridgehead atoms. The molecule has 3 atom stereocenters. The molecule has 0 radical (unpaired) electrons. The SMILES string of the molecule is Cc1csc([C@H]2CCCN2C(=O)c2cccc(C(=O)N[C@@H](Cc3ccccc3)[C@@H](O)CNCc3cccc(Cl)c3)c2)n1. The van der Waals surface area contributed by atoms with Gasteiger partial charge in [0.2, 0.25) is 0 Å². The van der Waals surface area contributed by atoms with E-state index in [1.807, 2.05) is 71.8 Å². The number of benzene rings is 3. The van der Waals surface area contributed by atoms with Crippen molar-refractivity contribution in [3.63, 3.8) is 0 Å². The van der Waals surface area contributed by atoms with Crippen LogP contribution in [0.3, 0.4) is 0 Å². The maximum Gasteiger partial charge on any atom is 0.254 e. The number of carbonyl (C=O) groups excluding carboxylic acids is 2. The minimum atomic E-state index is -0.856. The van der Waals surface area contributed by atoms with E-state index in [1.165, 1.54) is 0 Å². The Kier molecular flexibility index (Phi) is 10.0. The number of aromatic nitrogens is 1. The van der Waals surface area contributed by atoms with Gasteiger partial charge in [-0.15, -0.1) is 11.3 Å². The fraction of sp³-hybridized carbons (Fsp3) is 0.303. The molecule has 1 aliphatic heterocycles. The molecule has 42 heavy (non-hydrogen) atoms. The minimum Gasteiger partial charge on any atom is -0.390 e. The molecule has 1 aromatic heterocycles. The third-order valence-electron chi connectivity index (χ3n) is 7.46. The second-order valence-electron chi connectivity index (χ2n) is 10.7. The van der Waals surface area contributed by atoms with Crippen molar-refractivity contribution in [2.75, 3.05) is 13.1 Å². The van der Waals surface area contributed by atoms with Crippen molar-refractivity contribution in [2.45, 2.75) is 50.9 Å². The third-order valence-corrected chi connectivity index (χ3v) is 8.76. The topological polar surface area (TPSA) is 94.6 Å². The number of aliphatic hydroxyl groups excluding tert-OH is 1. The molecule has 0 unspecified atom stereocenters. The van der Waals surface area contributed by atoms with E-state index in [0.717, 1.165) is 34.7 Å². The van der Waals surface area contributed by atoms with Gasteiger partial charge in [-0.3, -0.25) is 9.59 Å². The first-order valence-electron chi connectivity index (χ1n) is 14.2. The second kappa shape index (κ2) is 14.1. The molecule has 3 aromatic carbocycles. The summed E-state index contributed by atoms with van der Waals surface area (Å²) >= 11 is 7.68. The number of aliphatic hydroxyl groups is 1. The van der Waals surface area contributed by atoms with Gasteiger partial charge in [-0.1, -0.05) is 60.1 Å². The Morgan fingerprint density at radius 2 is 1.81 bits per heavy atom. The van der Waals surface area contributed by atoms with Gasteiger partial charge >= 0.3 is 0 Å². The number of aryl methyl sites for hydroxylation is 1. The normalized spacial score (nSPS) is 16.3. The molecule has 0 aliphatic carbocycles. The Morgan fingerprint density at radius 1 is 1.05 bits per heavy atom. The summed E-state index contributed by atoms with van der Waals surface area (Å²) in [5, 5.41) is 21.1. The molecule has 9 heteroatoms. The number of carbonyl (C=O) groups is 2. The monoisotopic (exact) mass is 602 g/mol. The first-order chi connectivity index (χ1) is 20.4. The van der Waals surface area contributed by atoms with Crippen molar-refractivity contribution in [1.29, 1.82) is 0 Å². The Labute approximate surface area is 255 Å². The van der Waals surface area contributed by atoms with Crippen molar-refractivity contribution in [1.82, 2.24) is 20.5 Å². The van der Waals surface area contributed by atoms with Crippen LogP contribution in [0.1, 0.15) is 61.4 Å². The van der Waals surface area contributed by atoms with Gasteiger partial charge in [-0.05, 0) is 67.6 Å². The van der Waals surface area contributed by atoms with Crippen LogP contribution in [0.5, 0.6) is 0 Å². The fourth-order valence-corrected chi connectivity index (χ4v) is 6.46. The highest BCUT2D eigenvalue weighted by molar-refractivity contribution is 7.09. The number of rotatable bonds is 11. The van der Waals surface area contributed by atoms with Crippen LogP contribution in [0.25, 0.3) is 0 Å². The summed E-state index contributed by atoms with van der Waals surface area (Å²) in [6, 6.07) is 23.5. The quantitative estimate of drug-likeness (QED) is 0.209. The van der Waals surface area contributed by atoms with Gasteiger partial charge in [-0.2, -0.15) is 0 Å². The standard InChI is InChI=1S/C33H35ClN4O3S/c1-22-21-42-32(36-22)29-14-7-15-38(29)33(41)26-12-6-11-25(18-26)31(40)37-28(17-23-8-3-2-4-9-23)30(39)20-35-19-24-10-5-13-27(34)16-24/h2-6,8-13,16,18,21,28-30,35,39H,7,14-15,17,19-20H2,1H3,(H,37,40)/t28-,29+,30-/m0/s1. The van der Waals surface area contributed by atoms with E-state index in [0.29, 0.717) is 35.7 Å². The molecule has 5 rings (SSSR count). The highest BCUT2D eigenvalue weighted by Crippen LogP contribution is 2.34. The summed E-state index contributed by atoms with van der Waals surface area (Å²) in [6.45, 7) is 3.42. The number of amides is 2. The van der Waals surface area contributed by atoms with E-state index in [4.69, 9.17) is 11.6 Å². The predicted molar refractivity (Wildman–Crippen MR) is 167 cm³/mol. The van der Waals surface area contributed by atoms with Gasteiger partial charge in [0.05, 0.1) is 18.2 Å². The Balaban J connectivity index is 1.27. The van der Waals surface area contributed by atoms with Gasteiger partial charge in [0.1, 0.15) is 5.01 Å². The average molecular weight is 603 g/mol.